The molecule has 2 N–H and O–H groups in total. The lowest BCUT2D eigenvalue weighted by molar-refractivity contribution is -0.140. The Labute approximate surface area is 189 Å². The third kappa shape index (κ3) is 9.96. The Balaban J connectivity index is 2.48. The highest BCUT2D eigenvalue weighted by atomic mass is 35.5. The standard InChI is InChI=1S/C23H33ClN2O5/c1-5-17-11-18(14-24)13-19(12-17)26-23(30)15(2)10-20(27)16(3)25-21(28)8-6-7-9-22(29)31-4/h11-13,15-16H,5-10,14H2,1-4H3,(H,25,28)(H,26,30)/t15-,16+/m1/s1. The molecule has 31 heavy (non-hydrogen) atoms. The number of carbonyl (C=O) groups excluding carboxylic acids is 4. The van der Waals surface area contributed by atoms with Gasteiger partial charge in [0, 0.05) is 36.7 Å². The number of anilines is 1. The molecule has 0 aromatic heterocycles. The Morgan fingerprint density at radius 1 is 1.03 bits per heavy atom. The number of alkyl halides is 1. The molecule has 1 aromatic carbocycles. The zero-order chi connectivity index (χ0) is 23.4. The van der Waals surface area contributed by atoms with Gasteiger partial charge in [-0.25, -0.2) is 0 Å². The number of rotatable bonds is 13. The topological polar surface area (TPSA) is 102 Å². The Bertz CT molecular complexity index is 759. The molecule has 2 amide bonds. The maximum atomic E-state index is 12.5. The summed E-state index contributed by atoms with van der Waals surface area (Å²) in [5.41, 5.74) is 2.65. The second kappa shape index (κ2) is 13.8. The van der Waals surface area contributed by atoms with Crippen LogP contribution in [-0.2, 0) is 36.2 Å². The van der Waals surface area contributed by atoms with Crippen molar-refractivity contribution in [2.75, 3.05) is 12.4 Å². The number of hydrogen-bond donors (Lipinski definition) is 2. The number of benzene rings is 1. The van der Waals surface area contributed by atoms with Crippen LogP contribution in [0, 0.1) is 5.92 Å². The quantitative estimate of drug-likeness (QED) is 0.269. The minimum absolute atomic E-state index is 0.0193. The first-order valence-corrected chi connectivity index (χ1v) is 11.1. The Morgan fingerprint density at radius 3 is 2.29 bits per heavy atom. The number of esters is 1. The van der Waals surface area contributed by atoms with Crippen molar-refractivity contribution in [3.8, 4) is 0 Å². The van der Waals surface area contributed by atoms with Crippen LogP contribution in [0.5, 0.6) is 0 Å². The van der Waals surface area contributed by atoms with Crippen LogP contribution in [0.3, 0.4) is 0 Å². The third-order valence-electron chi connectivity index (χ3n) is 4.96. The van der Waals surface area contributed by atoms with Crippen LogP contribution in [0.1, 0.15) is 64.0 Å². The van der Waals surface area contributed by atoms with E-state index >= 15 is 0 Å². The van der Waals surface area contributed by atoms with Crippen LogP contribution in [-0.4, -0.2) is 36.7 Å². The summed E-state index contributed by atoms with van der Waals surface area (Å²) in [6.45, 7) is 5.31. The van der Waals surface area contributed by atoms with E-state index in [-0.39, 0.29) is 42.8 Å². The lowest BCUT2D eigenvalue weighted by atomic mass is 9.99. The van der Waals surface area contributed by atoms with Gasteiger partial charge in [-0.05, 0) is 49.4 Å². The van der Waals surface area contributed by atoms with Gasteiger partial charge in [0.05, 0.1) is 13.2 Å². The number of Topliss-reactive ketones (excluding diaryl/α,β-unsaturated/α-hetero) is 1. The summed E-state index contributed by atoms with van der Waals surface area (Å²) in [6.07, 6.45) is 2.40. The average Bonchev–Trinajstić information content (AvgIpc) is 2.75. The highest BCUT2D eigenvalue weighted by Gasteiger charge is 2.22. The highest BCUT2D eigenvalue weighted by molar-refractivity contribution is 6.17. The highest BCUT2D eigenvalue weighted by Crippen LogP contribution is 2.19. The van der Waals surface area contributed by atoms with Gasteiger partial charge in [-0.3, -0.25) is 19.2 Å². The van der Waals surface area contributed by atoms with Crippen LogP contribution in [0.4, 0.5) is 5.69 Å². The van der Waals surface area contributed by atoms with Gasteiger partial charge in [-0.2, -0.15) is 0 Å². The molecule has 1 aromatic rings. The number of amides is 2. The van der Waals surface area contributed by atoms with E-state index in [2.05, 4.69) is 15.4 Å². The molecule has 0 spiro atoms. The molecule has 0 heterocycles. The summed E-state index contributed by atoms with van der Waals surface area (Å²) in [5.74, 6) is -1.23. The summed E-state index contributed by atoms with van der Waals surface area (Å²) in [4.78, 5) is 48.0. The number of aryl methyl sites for hydroxylation is 1. The summed E-state index contributed by atoms with van der Waals surface area (Å²) in [7, 11) is 1.32. The van der Waals surface area contributed by atoms with Gasteiger partial charge in [0.1, 0.15) is 0 Å². The van der Waals surface area contributed by atoms with Gasteiger partial charge in [0.15, 0.2) is 5.78 Å². The minimum Gasteiger partial charge on any atom is -0.469 e. The molecule has 172 valence electrons. The summed E-state index contributed by atoms with van der Waals surface area (Å²) < 4.78 is 4.55. The molecule has 1 rings (SSSR count). The maximum Gasteiger partial charge on any atom is 0.305 e. The lowest BCUT2D eigenvalue weighted by Gasteiger charge is -2.17. The van der Waals surface area contributed by atoms with Crippen molar-refractivity contribution in [3.05, 3.63) is 29.3 Å². The number of halogens is 1. The summed E-state index contributed by atoms with van der Waals surface area (Å²) >= 11 is 5.92. The minimum atomic E-state index is -0.686. The maximum absolute atomic E-state index is 12.5. The number of carbonyl (C=O) groups is 4. The largest absolute Gasteiger partial charge is 0.469 e. The second-order valence-corrected chi connectivity index (χ2v) is 7.93. The van der Waals surface area contributed by atoms with Gasteiger partial charge in [0.2, 0.25) is 11.8 Å². The molecule has 0 aliphatic carbocycles. The van der Waals surface area contributed by atoms with Gasteiger partial charge < -0.3 is 15.4 Å². The first-order chi connectivity index (χ1) is 14.7. The van der Waals surface area contributed by atoms with E-state index < -0.39 is 12.0 Å². The molecule has 0 bridgehead atoms. The lowest BCUT2D eigenvalue weighted by Crippen LogP contribution is -2.39. The van der Waals surface area contributed by atoms with Gasteiger partial charge in [0.25, 0.3) is 0 Å². The first kappa shape index (κ1) is 26.6. The second-order valence-electron chi connectivity index (χ2n) is 7.66. The van der Waals surface area contributed by atoms with Gasteiger partial charge >= 0.3 is 5.97 Å². The van der Waals surface area contributed by atoms with Crippen LogP contribution in [0.25, 0.3) is 0 Å². The van der Waals surface area contributed by atoms with Crippen molar-refractivity contribution < 1.29 is 23.9 Å². The molecule has 0 unspecified atom stereocenters. The molecule has 0 fully saturated rings. The number of ketones is 1. The zero-order valence-electron chi connectivity index (χ0n) is 18.8. The van der Waals surface area contributed by atoms with E-state index in [9.17, 15) is 19.2 Å². The molecule has 0 saturated heterocycles. The fourth-order valence-corrected chi connectivity index (χ4v) is 3.16. The van der Waals surface area contributed by atoms with E-state index in [1.54, 1.807) is 13.8 Å². The Morgan fingerprint density at radius 2 is 1.68 bits per heavy atom. The van der Waals surface area contributed by atoms with Crippen molar-refractivity contribution in [1.29, 1.82) is 0 Å². The molecule has 0 saturated carbocycles. The number of methoxy groups -OCH3 is 1. The SMILES string of the molecule is CCc1cc(CCl)cc(NC(=O)[C@H](C)CC(=O)[C@H](C)NC(=O)CCCCC(=O)OC)c1. The Kier molecular flexibility index (Phi) is 11.9. The van der Waals surface area contributed by atoms with Gasteiger partial charge in [-0.15, -0.1) is 11.6 Å². The van der Waals surface area contributed by atoms with Crippen molar-refractivity contribution in [1.82, 2.24) is 5.32 Å². The molecular formula is C23H33ClN2O5. The van der Waals surface area contributed by atoms with Crippen LogP contribution in [0.15, 0.2) is 18.2 Å². The predicted octanol–water partition coefficient (Wildman–Crippen LogP) is 3.76. The fraction of sp³-hybridized carbons (Fsp3) is 0.565. The number of nitrogens with one attached hydrogen (secondary N) is 2. The van der Waals surface area contributed by atoms with Crippen molar-refractivity contribution >= 4 is 40.9 Å². The molecule has 0 aliphatic heterocycles. The van der Waals surface area contributed by atoms with E-state index in [1.165, 1.54) is 7.11 Å². The van der Waals surface area contributed by atoms with Gasteiger partial charge in [-0.1, -0.05) is 19.9 Å². The molecule has 0 aliphatic rings. The molecule has 2 atom stereocenters. The van der Waals surface area contributed by atoms with E-state index in [4.69, 9.17) is 11.6 Å². The Hall–Kier alpha value is -2.41. The molecule has 7 nitrogen and oxygen atoms in total. The molecule has 8 heteroatoms. The van der Waals surface area contributed by atoms with E-state index in [1.807, 2.05) is 25.1 Å². The van der Waals surface area contributed by atoms with E-state index in [0.717, 1.165) is 17.5 Å². The number of unbranched alkanes of at least 4 members (excludes halogenated alkanes) is 1. The van der Waals surface area contributed by atoms with Crippen molar-refractivity contribution in [3.63, 3.8) is 0 Å². The molecular weight excluding hydrogens is 420 g/mol. The average molecular weight is 453 g/mol. The molecule has 0 radical (unpaired) electrons. The first-order valence-electron chi connectivity index (χ1n) is 10.6. The zero-order valence-corrected chi connectivity index (χ0v) is 19.5. The monoisotopic (exact) mass is 452 g/mol. The van der Waals surface area contributed by atoms with Crippen molar-refractivity contribution in [2.45, 2.75) is 71.2 Å². The summed E-state index contributed by atoms with van der Waals surface area (Å²) in [5, 5.41) is 5.50. The number of ether oxygens (including phenoxy) is 1. The van der Waals surface area contributed by atoms with Crippen LogP contribution < -0.4 is 10.6 Å². The fourth-order valence-electron chi connectivity index (χ4n) is 3.00. The summed E-state index contributed by atoms with van der Waals surface area (Å²) in [6, 6.07) is 5.03. The predicted molar refractivity (Wildman–Crippen MR) is 121 cm³/mol. The van der Waals surface area contributed by atoms with Crippen LogP contribution >= 0.6 is 11.6 Å². The smallest absolute Gasteiger partial charge is 0.305 e. The van der Waals surface area contributed by atoms with Crippen LogP contribution in [0.2, 0.25) is 0 Å². The van der Waals surface area contributed by atoms with Crippen molar-refractivity contribution in [2.24, 2.45) is 5.92 Å². The van der Waals surface area contributed by atoms with E-state index in [0.29, 0.717) is 24.4 Å². The normalized spacial score (nSPS) is 12.5. The third-order valence-corrected chi connectivity index (χ3v) is 5.27. The number of hydrogen-bond acceptors (Lipinski definition) is 5.